The lowest BCUT2D eigenvalue weighted by Gasteiger charge is -1.97. The second-order valence-electron chi connectivity index (χ2n) is 2.33. The van der Waals surface area contributed by atoms with Gasteiger partial charge in [-0.25, -0.2) is 0 Å². The van der Waals surface area contributed by atoms with E-state index in [1.54, 1.807) is 18.2 Å². The van der Waals surface area contributed by atoms with Crippen LogP contribution >= 0.6 is 0 Å². The van der Waals surface area contributed by atoms with Crippen LogP contribution in [0.25, 0.3) is 6.08 Å². The number of benzene rings is 1. The summed E-state index contributed by atoms with van der Waals surface area (Å²) in [4.78, 5) is 0. The molecule has 1 aromatic carbocycles. The Morgan fingerprint density at radius 2 is 1.79 bits per heavy atom. The average molecular weight is 198 g/mol. The summed E-state index contributed by atoms with van der Waals surface area (Å²) >= 11 is 0. The number of aromatic hydroxyl groups is 2. The summed E-state index contributed by atoms with van der Waals surface area (Å²) < 4.78 is 0. The molecule has 0 atom stereocenters. The number of phenolic OH excluding ortho intramolecular Hbond substituents is 2. The molecule has 0 radical (unpaired) electrons. The summed E-state index contributed by atoms with van der Waals surface area (Å²) in [5.74, 6) is -0.300. The lowest BCUT2D eigenvalue weighted by Crippen LogP contribution is -1.75. The summed E-state index contributed by atoms with van der Waals surface area (Å²) in [6.07, 6.45) is 3.20. The minimum atomic E-state index is -0.157. The van der Waals surface area contributed by atoms with E-state index >= 15 is 0 Å². The number of aliphatic hydroxyl groups is 2. The smallest absolute Gasteiger partial charge is 0.157 e. The van der Waals surface area contributed by atoms with Crippen LogP contribution in [0.3, 0.4) is 0 Å². The maximum absolute atomic E-state index is 9.05. The van der Waals surface area contributed by atoms with Gasteiger partial charge >= 0.3 is 0 Å². The predicted molar refractivity (Wildman–Crippen MR) is 54.0 cm³/mol. The Kier molecular flexibility index (Phi) is 6.19. The van der Waals surface area contributed by atoms with Crippen molar-refractivity contribution in [1.82, 2.24) is 0 Å². The van der Waals surface area contributed by atoms with E-state index in [4.69, 9.17) is 20.4 Å². The molecule has 0 aliphatic carbocycles. The van der Waals surface area contributed by atoms with Crippen molar-refractivity contribution in [3.63, 3.8) is 0 Å². The van der Waals surface area contributed by atoms with Crippen molar-refractivity contribution in [2.24, 2.45) is 0 Å². The standard InChI is InChI=1S/C9H10O3.CH4O/c10-5-1-2-7-3-4-8(11)9(12)6-7;1-2/h1-4,6,10-12H,5H2;2H,1H3/b2-1+;. The molecule has 0 heterocycles. The predicted octanol–water partition coefficient (Wildman–Crippen LogP) is 0.712. The first-order valence-electron chi connectivity index (χ1n) is 3.98. The third kappa shape index (κ3) is 3.93. The normalized spacial score (nSPS) is 9.64. The van der Waals surface area contributed by atoms with Crippen molar-refractivity contribution in [2.45, 2.75) is 0 Å². The molecule has 0 amide bonds. The van der Waals surface area contributed by atoms with E-state index in [2.05, 4.69) is 0 Å². The molecule has 0 spiro atoms. The van der Waals surface area contributed by atoms with Crippen LogP contribution < -0.4 is 0 Å². The van der Waals surface area contributed by atoms with Gasteiger partial charge in [0.05, 0.1) is 6.61 Å². The molecule has 0 fully saturated rings. The third-order valence-corrected chi connectivity index (χ3v) is 1.42. The van der Waals surface area contributed by atoms with Crippen molar-refractivity contribution in [1.29, 1.82) is 0 Å². The highest BCUT2D eigenvalue weighted by atomic mass is 16.3. The van der Waals surface area contributed by atoms with Gasteiger partial charge in [-0.1, -0.05) is 18.2 Å². The fourth-order valence-corrected chi connectivity index (χ4v) is 0.833. The summed E-state index contributed by atoms with van der Waals surface area (Å²) in [7, 11) is 1.00. The van der Waals surface area contributed by atoms with E-state index in [-0.39, 0.29) is 18.1 Å². The fourth-order valence-electron chi connectivity index (χ4n) is 0.833. The van der Waals surface area contributed by atoms with Gasteiger partial charge in [-0.05, 0) is 17.7 Å². The minimum Gasteiger partial charge on any atom is -0.504 e. The number of rotatable bonds is 2. The van der Waals surface area contributed by atoms with E-state index in [1.165, 1.54) is 12.1 Å². The number of aliphatic hydroxyl groups excluding tert-OH is 2. The Labute approximate surface area is 82.4 Å². The van der Waals surface area contributed by atoms with E-state index in [1.807, 2.05) is 0 Å². The zero-order valence-corrected chi connectivity index (χ0v) is 7.88. The van der Waals surface area contributed by atoms with Gasteiger partial charge in [0.1, 0.15) is 0 Å². The molecule has 0 aliphatic heterocycles. The molecule has 4 nitrogen and oxygen atoms in total. The maximum Gasteiger partial charge on any atom is 0.157 e. The summed E-state index contributed by atoms with van der Waals surface area (Å²) in [6.45, 7) is -0.0400. The molecular weight excluding hydrogens is 184 g/mol. The van der Waals surface area contributed by atoms with Crippen LogP contribution in [0.5, 0.6) is 11.5 Å². The molecule has 0 aromatic heterocycles. The van der Waals surface area contributed by atoms with Gasteiger partial charge in [-0.3, -0.25) is 0 Å². The summed E-state index contributed by atoms with van der Waals surface area (Å²) in [5, 5.41) is 33.5. The molecule has 1 rings (SSSR count). The van der Waals surface area contributed by atoms with E-state index < -0.39 is 0 Å². The first-order chi connectivity index (χ1) is 6.74. The first-order valence-corrected chi connectivity index (χ1v) is 3.98. The van der Waals surface area contributed by atoms with Crippen LogP contribution in [0, 0.1) is 0 Å². The fraction of sp³-hybridized carbons (Fsp3) is 0.200. The van der Waals surface area contributed by atoms with Gasteiger partial charge in [0.25, 0.3) is 0 Å². The van der Waals surface area contributed by atoms with Gasteiger partial charge in [-0.2, -0.15) is 0 Å². The highest BCUT2D eigenvalue weighted by Crippen LogP contribution is 2.25. The van der Waals surface area contributed by atoms with Crippen LogP contribution in [-0.4, -0.2) is 34.1 Å². The van der Waals surface area contributed by atoms with Crippen LogP contribution in [0.2, 0.25) is 0 Å². The highest BCUT2D eigenvalue weighted by molar-refractivity contribution is 5.54. The zero-order valence-electron chi connectivity index (χ0n) is 7.88. The lowest BCUT2D eigenvalue weighted by atomic mass is 10.2. The van der Waals surface area contributed by atoms with Crippen molar-refractivity contribution in [2.75, 3.05) is 13.7 Å². The van der Waals surface area contributed by atoms with Crippen LogP contribution in [0.4, 0.5) is 0 Å². The second-order valence-corrected chi connectivity index (χ2v) is 2.33. The number of hydrogen-bond acceptors (Lipinski definition) is 4. The van der Waals surface area contributed by atoms with E-state index in [0.29, 0.717) is 0 Å². The number of phenols is 2. The molecule has 0 saturated carbocycles. The van der Waals surface area contributed by atoms with Gasteiger partial charge in [0.15, 0.2) is 11.5 Å². The van der Waals surface area contributed by atoms with Gasteiger partial charge in [0.2, 0.25) is 0 Å². The monoisotopic (exact) mass is 198 g/mol. The topological polar surface area (TPSA) is 80.9 Å². The molecule has 0 bridgehead atoms. The second kappa shape index (κ2) is 6.94. The lowest BCUT2D eigenvalue weighted by molar-refractivity contribution is 0.343. The zero-order chi connectivity index (χ0) is 11.0. The van der Waals surface area contributed by atoms with Crippen LogP contribution in [0.1, 0.15) is 5.56 Å². The quantitative estimate of drug-likeness (QED) is 0.528. The van der Waals surface area contributed by atoms with Crippen molar-refractivity contribution in [3.8, 4) is 11.5 Å². The Balaban J connectivity index is 0.000000791. The van der Waals surface area contributed by atoms with Gasteiger partial charge in [-0.15, -0.1) is 0 Å². The first kappa shape index (κ1) is 12.5. The minimum absolute atomic E-state index is 0.0400. The van der Waals surface area contributed by atoms with Crippen LogP contribution in [-0.2, 0) is 0 Å². The molecule has 4 N–H and O–H groups in total. The molecule has 0 aliphatic rings. The van der Waals surface area contributed by atoms with Crippen molar-refractivity contribution < 1.29 is 20.4 Å². The molecular formula is C10H14O4. The number of hydrogen-bond donors (Lipinski definition) is 4. The Hall–Kier alpha value is -1.52. The average Bonchev–Trinajstić information content (AvgIpc) is 2.23. The molecule has 4 heteroatoms. The Bertz CT molecular complexity index is 294. The highest BCUT2D eigenvalue weighted by Gasteiger charge is 1.96. The maximum atomic E-state index is 9.05. The van der Waals surface area contributed by atoms with Crippen LogP contribution in [0.15, 0.2) is 24.3 Å². The summed E-state index contributed by atoms with van der Waals surface area (Å²) in [6, 6.07) is 4.45. The Morgan fingerprint density at radius 3 is 2.29 bits per heavy atom. The van der Waals surface area contributed by atoms with E-state index in [0.717, 1.165) is 12.7 Å². The third-order valence-electron chi connectivity index (χ3n) is 1.42. The summed E-state index contributed by atoms with van der Waals surface area (Å²) in [5.41, 5.74) is 0.736. The molecule has 0 saturated heterocycles. The molecule has 0 unspecified atom stereocenters. The van der Waals surface area contributed by atoms with E-state index in [9.17, 15) is 0 Å². The molecule has 1 aromatic rings. The molecule has 14 heavy (non-hydrogen) atoms. The Morgan fingerprint density at radius 1 is 1.14 bits per heavy atom. The van der Waals surface area contributed by atoms with Gasteiger partial charge in [0, 0.05) is 7.11 Å². The van der Waals surface area contributed by atoms with Gasteiger partial charge < -0.3 is 20.4 Å². The van der Waals surface area contributed by atoms with Crippen molar-refractivity contribution in [3.05, 3.63) is 29.8 Å². The molecule has 78 valence electrons. The van der Waals surface area contributed by atoms with Crippen molar-refractivity contribution >= 4 is 6.08 Å². The largest absolute Gasteiger partial charge is 0.504 e. The SMILES string of the molecule is CO.OC/C=C/c1ccc(O)c(O)c1.